The Morgan fingerprint density at radius 3 is 2.18 bits per heavy atom. The third kappa shape index (κ3) is 3.71. The van der Waals surface area contributed by atoms with Gasteiger partial charge in [0.1, 0.15) is 23.2 Å². The second-order valence-electron chi connectivity index (χ2n) is 7.06. The van der Waals surface area contributed by atoms with Crippen LogP contribution in [0.4, 0.5) is 22.0 Å². The van der Waals surface area contributed by atoms with Crippen LogP contribution in [0.3, 0.4) is 0 Å². The molecule has 1 N–H and O–H groups in total. The summed E-state index contributed by atoms with van der Waals surface area (Å²) in [6.07, 6.45) is -3.14. The third-order valence-corrected chi connectivity index (χ3v) is 8.20. The van der Waals surface area contributed by atoms with E-state index < -0.39 is 76.8 Å². The van der Waals surface area contributed by atoms with Gasteiger partial charge in [0.05, 0.1) is 4.90 Å². The van der Waals surface area contributed by atoms with Gasteiger partial charge in [-0.2, -0.15) is 13.2 Å². The van der Waals surface area contributed by atoms with E-state index >= 15 is 0 Å². The Morgan fingerprint density at radius 2 is 1.71 bits per heavy atom. The number of sulfone groups is 2. The fourth-order valence-corrected chi connectivity index (χ4v) is 3.80. The minimum atomic E-state index is -6.01. The van der Waals surface area contributed by atoms with E-state index in [1.165, 1.54) is 13.8 Å². The Labute approximate surface area is 158 Å². The molecule has 0 fully saturated rings. The third-order valence-electron chi connectivity index (χ3n) is 4.53. The molecule has 0 saturated carbocycles. The molecule has 0 radical (unpaired) electrons. The zero-order valence-electron chi connectivity index (χ0n) is 14.8. The topological polar surface area (TPSA) is 97.7 Å². The van der Waals surface area contributed by atoms with Crippen molar-refractivity contribution in [2.24, 2.45) is 0 Å². The molecule has 0 spiro atoms. The highest BCUT2D eigenvalue weighted by Gasteiger charge is 2.55. The Kier molecular flexibility index (Phi) is 5.31. The van der Waals surface area contributed by atoms with Gasteiger partial charge in [-0.05, 0) is 26.0 Å². The molecule has 6 nitrogen and oxygen atoms in total. The molecule has 160 valence electrons. The van der Waals surface area contributed by atoms with Gasteiger partial charge in [0, 0.05) is 23.8 Å². The Balaban J connectivity index is 2.60. The lowest BCUT2D eigenvalue weighted by Gasteiger charge is -2.24. The average Bonchev–Trinajstić information content (AvgIpc) is 2.73. The molecule has 0 saturated heterocycles. The minimum absolute atomic E-state index is 0.412. The highest BCUT2D eigenvalue weighted by molar-refractivity contribution is 7.92. The van der Waals surface area contributed by atoms with Crippen LogP contribution < -0.4 is 4.74 Å². The largest absolute Gasteiger partial charge is 0.501 e. The van der Waals surface area contributed by atoms with Crippen LogP contribution in [-0.2, 0) is 26.1 Å². The molecule has 1 aromatic rings. The number of alkyl halides is 5. The van der Waals surface area contributed by atoms with Crippen LogP contribution in [-0.4, -0.2) is 51.0 Å². The number of halogens is 5. The number of benzene rings is 1. The van der Waals surface area contributed by atoms with Crippen LogP contribution in [0.1, 0.15) is 31.1 Å². The molecule has 0 aromatic heterocycles. The van der Waals surface area contributed by atoms with Gasteiger partial charge in [0.2, 0.25) is 0 Å². The van der Waals surface area contributed by atoms with E-state index in [1.807, 2.05) is 0 Å². The maximum absolute atomic E-state index is 14.0. The van der Waals surface area contributed by atoms with Gasteiger partial charge in [-0.3, -0.25) is 0 Å². The molecule has 28 heavy (non-hydrogen) atoms. The van der Waals surface area contributed by atoms with Crippen molar-refractivity contribution in [2.45, 2.75) is 47.4 Å². The predicted molar refractivity (Wildman–Crippen MR) is 87.7 cm³/mol. The molecule has 0 aliphatic heterocycles. The molecule has 1 aliphatic rings. The lowest BCUT2D eigenvalue weighted by Crippen LogP contribution is -2.37. The van der Waals surface area contributed by atoms with Gasteiger partial charge in [-0.1, -0.05) is 0 Å². The molecule has 2 rings (SSSR count). The lowest BCUT2D eigenvalue weighted by molar-refractivity contribution is -0.0978. The highest BCUT2D eigenvalue weighted by atomic mass is 32.2. The Morgan fingerprint density at radius 1 is 1.18 bits per heavy atom. The summed E-state index contributed by atoms with van der Waals surface area (Å²) < 4.78 is 117. The summed E-state index contributed by atoms with van der Waals surface area (Å²) in [5, 5.41) is 9.77. The Hall–Kier alpha value is -1.47. The molecular formula is C15H17F5O6S2. The standard InChI is InChI=1S/C15H17F5O6S2/c1-13(2,27(3,22)23)7-26-9-4-5-10(28(24,25)15(18,19)20)11-8(9)6-14(16,17)12(11)21/h4-5,12,21H,6-7H2,1-3H3/t12-/m0/s1. The van der Waals surface area contributed by atoms with Crippen molar-refractivity contribution in [3.63, 3.8) is 0 Å². The van der Waals surface area contributed by atoms with Gasteiger partial charge in [0.15, 0.2) is 9.84 Å². The molecule has 0 bridgehead atoms. The molecule has 1 aliphatic carbocycles. The number of fused-ring (bicyclic) bond motifs is 1. The molecule has 0 unspecified atom stereocenters. The van der Waals surface area contributed by atoms with Crippen molar-refractivity contribution in [1.29, 1.82) is 0 Å². The zero-order chi connectivity index (χ0) is 21.9. The van der Waals surface area contributed by atoms with Crippen LogP contribution >= 0.6 is 0 Å². The molecule has 1 aromatic carbocycles. The maximum atomic E-state index is 14.0. The Bertz CT molecular complexity index is 996. The van der Waals surface area contributed by atoms with Crippen LogP contribution in [0.25, 0.3) is 0 Å². The zero-order valence-corrected chi connectivity index (χ0v) is 16.5. The van der Waals surface area contributed by atoms with Gasteiger partial charge in [-0.25, -0.2) is 25.6 Å². The SMILES string of the molecule is CC(C)(COc1ccc(S(=O)(=O)C(F)(F)F)c2c1CC(F)(F)[C@H]2O)S(C)(=O)=O. The summed E-state index contributed by atoms with van der Waals surface area (Å²) in [6, 6.07) is 1.15. The van der Waals surface area contributed by atoms with Crippen molar-refractivity contribution in [2.75, 3.05) is 12.9 Å². The first kappa shape index (κ1) is 22.8. The van der Waals surface area contributed by atoms with Gasteiger partial charge in [0.25, 0.3) is 15.8 Å². The number of ether oxygens (including phenoxy) is 1. The predicted octanol–water partition coefficient (Wildman–Crippen LogP) is 2.41. The highest BCUT2D eigenvalue weighted by Crippen LogP contribution is 2.50. The smallest absolute Gasteiger partial charge is 0.492 e. The number of rotatable bonds is 5. The van der Waals surface area contributed by atoms with E-state index in [1.54, 1.807) is 0 Å². The maximum Gasteiger partial charge on any atom is 0.501 e. The number of aliphatic hydroxyl groups is 1. The van der Waals surface area contributed by atoms with Crippen LogP contribution in [0.5, 0.6) is 5.75 Å². The average molecular weight is 452 g/mol. The van der Waals surface area contributed by atoms with Crippen molar-refractivity contribution >= 4 is 19.7 Å². The van der Waals surface area contributed by atoms with Crippen LogP contribution in [0.2, 0.25) is 0 Å². The minimum Gasteiger partial charge on any atom is -0.492 e. The molecule has 1 atom stereocenters. The van der Waals surface area contributed by atoms with Crippen LogP contribution in [0.15, 0.2) is 17.0 Å². The fraction of sp³-hybridized carbons (Fsp3) is 0.600. The molecule has 0 heterocycles. The van der Waals surface area contributed by atoms with Gasteiger partial charge < -0.3 is 9.84 Å². The number of aliphatic hydroxyl groups excluding tert-OH is 1. The van der Waals surface area contributed by atoms with Crippen molar-refractivity contribution in [3.8, 4) is 5.75 Å². The summed E-state index contributed by atoms with van der Waals surface area (Å²) in [6.45, 7) is 2.04. The molecular weight excluding hydrogens is 435 g/mol. The van der Waals surface area contributed by atoms with E-state index in [0.29, 0.717) is 6.07 Å². The van der Waals surface area contributed by atoms with Crippen molar-refractivity contribution < 1.29 is 48.6 Å². The van der Waals surface area contributed by atoms with Gasteiger partial charge in [-0.15, -0.1) is 0 Å². The van der Waals surface area contributed by atoms with E-state index in [-0.39, 0.29) is 0 Å². The number of hydrogen-bond acceptors (Lipinski definition) is 6. The fourth-order valence-electron chi connectivity index (χ4n) is 2.50. The summed E-state index contributed by atoms with van der Waals surface area (Å²) in [7, 11) is -9.65. The summed E-state index contributed by atoms with van der Waals surface area (Å²) in [4.78, 5) is -1.49. The summed E-state index contributed by atoms with van der Waals surface area (Å²) in [5.41, 5.74) is -7.48. The second-order valence-corrected chi connectivity index (χ2v) is 11.6. The van der Waals surface area contributed by atoms with E-state index in [2.05, 4.69) is 0 Å². The first-order valence-corrected chi connectivity index (χ1v) is 11.1. The summed E-state index contributed by atoms with van der Waals surface area (Å²) >= 11 is 0. The van der Waals surface area contributed by atoms with Crippen molar-refractivity contribution in [3.05, 3.63) is 23.3 Å². The number of hydrogen-bond donors (Lipinski definition) is 1. The normalized spacial score (nSPS) is 20.1. The summed E-state index contributed by atoms with van der Waals surface area (Å²) in [5.74, 6) is -4.35. The molecule has 13 heteroatoms. The first-order valence-electron chi connectivity index (χ1n) is 7.68. The van der Waals surface area contributed by atoms with E-state index in [4.69, 9.17) is 4.74 Å². The molecule has 0 amide bonds. The van der Waals surface area contributed by atoms with Gasteiger partial charge >= 0.3 is 5.51 Å². The second kappa shape index (κ2) is 6.52. The lowest BCUT2D eigenvalue weighted by atomic mass is 10.1. The monoisotopic (exact) mass is 452 g/mol. The van der Waals surface area contributed by atoms with Crippen LogP contribution in [0, 0.1) is 0 Å². The van der Waals surface area contributed by atoms with E-state index in [9.17, 15) is 43.9 Å². The van der Waals surface area contributed by atoms with Crippen molar-refractivity contribution in [1.82, 2.24) is 0 Å². The van der Waals surface area contributed by atoms with E-state index in [0.717, 1.165) is 12.3 Å². The quantitative estimate of drug-likeness (QED) is 0.690. The first-order chi connectivity index (χ1) is 12.3.